The van der Waals surface area contributed by atoms with E-state index in [9.17, 15) is 18.0 Å². The van der Waals surface area contributed by atoms with Crippen LogP contribution in [-0.2, 0) is 32.7 Å². The summed E-state index contributed by atoms with van der Waals surface area (Å²) in [5.41, 5.74) is 0.738. The largest absolute Gasteiger partial charge is 0.477 e. The predicted molar refractivity (Wildman–Crippen MR) is 109 cm³/mol. The molecule has 0 saturated carbocycles. The van der Waals surface area contributed by atoms with E-state index in [1.54, 1.807) is 6.20 Å². The lowest BCUT2D eigenvalue weighted by Crippen LogP contribution is -2.37. The Hall–Kier alpha value is -3.20. The molecule has 0 radical (unpaired) electrons. The van der Waals surface area contributed by atoms with Crippen LogP contribution in [0, 0.1) is 0 Å². The average Bonchev–Trinajstić information content (AvgIpc) is 3.04. The molecule has 2 aromatic heterocycles. The van der Waals surface area contributed by atoms with E-state index in [4.69, 9.17) is 9.47 Å². The fraction of sp³-hybridized carbons (Fsp3) is 0.348. The highest BCUT2D eigenvalue weighted by atomic mass is 19.4. The van der Waals surface area contributed by atoms with Crippen molar-refractivity contribution in [1.29, 1.82) is 0 Å². The smallest absolute Gasteiger partial charge is 0.433 e. The van der Waals surface area contributed by atoms with Crippen molar-refractivity contribution in [2.24, 2.45) is 0 Å². The SMILES string of the molecule is CC1(C)OC(C(=O)N[C@@H]2COCc3nc(C(F)(F)F)ccc32)=c2cnc3c(c21)C=CCC=3. The number of allylic oxidation sites excluding steroid dienone is 1. The first kappa shape index (κ1) is 20.7. The fourth-order valence-corrected chi connectivity index (χ4v) is 4.40. The molecule has 1 amide bonds. The number of halogens is 3. The molecule has 1 aliphatic carbocycles. The summed E-state index contributed by atoms with van der Waals surface area (Å²) in [5.74, 6) is -0.352. The van der Waals surface area contributed by atoms with Crippen LogP contribution in [-0.4, -0.2) is 22.5 Å². The van der Waals surface area contributed by atoms with Gasteiger partial charge in [0.2, 0.25) is 0 Å². The molecule has 1 atom stereocenters. The topological polar surface area (TPSA) is 73.3 Å². The van der Waals surface area contributed by atoms with Gasteiger partial charge in [-0.05, 0) is 26.3 Å². The molecule has 0 saturated heterocycles. The molecule has 3 aliphatic rings. The summed E-state index contributed by atoms with van der Waals surface area (Å²) in [5, 5.41) is 4.29. The Kier molecular flexibility index (Phi) is 4.63. The second kappa shape index (κ2) is 7.16. The Morgan fingerprint density at radius 1 is 1.28 bits per heavy atom. The molecule has 1 N–H and O–H groups in total. The number of carbonyl (C=O) groups is 1. The zero-order chi connectivity index (χ0) is 22.7. The van der Waals surface area contributed by atoms with Crippen LogP contribution >= 0.6 is 0 Å². The molecule has 0 unspecified atom stereocenters. The molecule has 2 aromatic rings. The third-order valence-corrected chi connectivity index (χ3v) is 5.79. The van der Waals surface area contributed by atoms with Crippen LogP contribution in [0.25, 0.3) is 17.9 Å². The van der Waals surface area contributed by atoms with Gasteiger partial charge >= 0.3 is 6.18 Å². The van der Waals surface area contributed by atoms with Crippen molar-refractivity contribution in [3.05, 3.63) is 63.1 Å². The van der Waals surface area contributed by atoms with Crippen LogP contribution in [0.5, 0.6) is 0 Å². The number of aromatic nitrogens is 2. The monoisotopic (exact) mass is 443 g/mol. The van der Waals surface area contributed by atoms with Crippen molar-refractivity contribution in [1.82, 2.24) is 15.3 Å². The van der Waals surface area contributed by atoms with E-state index in [1.807, 2.05) is 32.1 Å². The molecule has 6 nitrogen and oxygen atoms in total. The van der Waals surface area contributed by atoms with Gasteiger partial charge in [-0.2, -0.15) is 13.2 Å². The lowest BCUT2D eigenvalue weighted by Gasteiger charge is -2.27. The van der Waals surface area contributed by atoms with E-state index in [2.05, 4.69) is 15.3 Å². The van der Waals surface area contributed by atoms with E-state index in [0.29, 0.717) is 10.8 Å². The quantitative estimate of drug-likeness (QED) is 0.772. The first-order valence-corrected chi connectivity index (χ1v) is 10.2. The zero-order valence-electron chi connectivity index (χ0n) is 17.4. The number of fused-ring (bicyclic) bond motifs is 4. The predicted octanol–water partition coefficient (Wildman–Crippen LogP) is 2.45. The number of amides is 1. The summed E-state index contributed by atoms with van der Waals surface area (Å²) in [7, 11) is 0. The van der Waals surface area contributed by atoms with E-state index in [1.165, 1.54) is 6.07 Å². The van der Waals surface area contributed by atoms with Crippen molar-refractivity contribution < 1.29 is 27.4 Å². The number of hydrogen-bond donors (Lipinski definition) is 1. The first-order valence-electron chi connectivity index (χ1n) is 10.2. The van der Waals surface area contributed by atoms with Crippen LogP contribution in [0.2, 0.25) is 0 Å². The number of hydrogen-bond acceptors (Lipinski definition) is 5. The highest BCUT2D eigenvalue weighted by Crippen LogP contribution is 2.34. The Labute approximate surface area is 181 Å². The maximum absolute atomic E-state index is 13.2. The third-order valence-electron chi connectivity index (χ3n) is 5.79. The van der Waals surface area contributed by atoms with E-state index in [-0.39, 0.29) is 24.7 Å². The number of nitrogens with zero attached hydrogens (tertiary/aromatic N) is 2. The maximum atomic E-state index is 13.2. The van der Waals surface area contributed by atoms with Gasteiger partial charge in [0, 0.05) is 28.1 Å². The minimum atomic E-state index is -4.55. The molecular formula is C23H20F3N3O3. The molecule has 0 bridgehead atoms. The van der Waals surface area contributed by atoms with Crippen molar-refractivity contribution in [2.75, 3.05) is 6.61 Å². The van der Waals surface area contributed by atoms with Gasteiger partial charge in [-0.1, -0.05) is 24.3 Å². The van der Waals surface area contributed by atoms with Gasteiger partial charge in [-0.25, -0.2) is 4.98 Å². The van der Waals surface area contributed by atoms with Crippen LogP contribution in [0.1, 0.15) is 54.4 Å². The molecule has 0 fully saturated rings. The Morgan fingerprint density at radius 2 is 2.09 bits per heavy atom. The summed E-state index contributed by atoms with van der Waals surface area (Å²) >= 11 is 0. The van der Waals surface area contributed by atoms with Gasteiger partial charge in [0.15, 0.2) is 5.76 Å². The van der Waals surface area contributed by atoms with Gasteiger partial charge in [0.1, 0.15) is 11.3 Å². The molecule has 0 aromatic carbocycles. The number of carbonyl (C=O) groups excluding carboxylic acids is 1. The summed E-state index contributed by atoms with van der Waals surface area (Å²) in [6.45, 7) is 3.84. The lowest BCUT2D eigenvalue weighted by atomic mass is 9.91. The number of ether oxygens (including phenoxy) is 2. The molecule has 9 heteroatoms. The summed E-state index contributed by atoms with van der Waals surface area (Å²) in [6, 6.07) is 1.61. The molecule has 32 heavy (non-hydrogen) atoms. The average molecular weight is 443 g/mol. The summed E-state index contributed by atoms with van der Waals surface area (Å²) in [4.78, 5) is 21.3. The zero-order valence-corrected chi connectivity index (χ0v) is 17.4. The lowest BCUT2D eigenvalue weighted by molar-refractivity contribution is -0.141. The van der Waals surface area contributed by atoms with Crippen LogP contribution < -0.4 is 15.9 Å². The standard InChI is InChI=1S/C23H20F3N3O3/c1-22(2)19-13-5-3-4-6-15(13)27-9-14(19)20(32-22)21(30)29-17-11-31-10-16-12(17)7-8-18(28-16)23(24,25)26/h3,5-9,17H,4,10-11H2,1-2H3,(H,29,30)/t17-/m1/s1. The number of pyridine rings is 2. The second-order valence-corrected chi connectivity index (χ2v) is 8.40. The van der Waals surface area contributed by atoms with E-state index in [0.717, 1.165) is 29.0 Å². The molecule has 166 valence electrons. The molecular weight excluding hydrogens is 423 g/mol. The van der Waals surface area contributed by atoms with Gasteiger partial charge in [0.05, 0.1) is 30.3 Å². The van der Waals surface area contributed by atoms with Crippen molar-refractivity contribution in [3.8, 4) is 0 Å². The minimum absolute atomic E-state index is 0.0482. The Morgan fingerprint density at radius 3 is 2.88 bits per heavy atom. The molecule has 0 spiro atoms. The Bertz CT molecular complexity index is 1280. The number of rotatable bonds is 2. The van der Waals surface area contributed by atoms with Crippen molar-refractivity contribution in [3.63, 3.8) is 0 Å². The fourth-order valence-electron chi connectivity index (χ4n) is 4.40. The second-order valence-electron chi connectivity index (χ2n) is 8.40. The highest BCUT2D eigenvalue weighted by Gasteiger charge is 2.39. The first-order chi connectivity index (χ1) is 15.1. The maximum Gasteiger partial charge on any atom is 0.433 e. The summed E-state index contributed by atoms with van der Waals surface area (Å²) in [6.07, 6.45) is 3.91. The van der Waals surface area contributed by atoms with E-state index >= 15 is 0 Å². The number of nitrogens with one attached hydrogen (secondary N) is 1. The third kappa shape index (κ3) is 3.37. The molecule has 5 rings (SSSR count). The molecule has 4 heterocycles. The van der Waals surface area contributed by atoms with Crippen LogP contribution in [0.4, 0.5) is 13.2 Å². The van der Waals surface area contributed by atoms with E-state index < -0.39 is 29.4 Å². The van der Waals surface area contributed by atoms with Gasteiger partial charge in [-0.15, -0.1) is 0 Å². The van der Waals surface area contributed by atoms with Crippen LogP contribution in [0.3, 0.4) is 0 Å². The molecule has 2 aliphatic heterocycles. The van der Waals surface area contributed by atoms with Gasteiger partial charge < -0.3 is 14.8 Å². The normalized spacial score (nSPS) is 20.5. The Balaban J connectivity index is 1.50. The van der Waals surface area contributed by atoms with Crippen LogP contribution in [0.15, 0.2) is 24.4 Å². The highest BCUT2D eigenvalue weighted by molar-refractivity contribution is 6.11. The van der Waals surface area contributed by atoms with Gasteiger partial charge in [-0.3, -0.25) is 9.78 Å². The number of alkyl halides is 3. The minimum Gasteiger partial charge on any atom is -0.477 e. The summed E-state index contributed by atoms with van der Waals surface area (Å²) < 4.78 is 50.4. The van der Waals surface area contributed by atoms with Crippen molar-refractivity contribution in [2.45, 2.75) is 44.7 Å². The van der Waals surface area contributed by atoms with Crippen molar-refractivity contribution >= 4 is 23.8 Å². The van der Waals surface area contributed by atoms with Gasteiger partial charge in [0.25, 0.3) is 5.91 Å².